The standard InChI is InChI=1S/C9H21N3/c1-9(2,3)12-6-5-11(4)7-10-8-12/h10H,5-8H2,1-4H3. The highest BCUT2D eigenvalue weighted by Gasteiger charge is 2.22. The van der Waals surface area contributed by atoms with Gasteiger partial charge in [-0.15, -0.1) is 0 Å². The van der Waals surface area contributed by atoms with E-state index in [1.807, 2.05) is 0 Å². The van der Waals surface area contributed by atoms with Gasteiger partial charge in [0.05, 0.1) is 0 Å². The summed E-state index contributed by atoms with van der Waals surface area (Å²) in [6.07, 6.45) is 0. The molecule has 12 heavy (non-hydrogen) atoms. The van der Waals surface area contributed by atoms with Gasteiger partial charge in [-0.05, 0) is 27.8 Å². The Bertz CT molecular complexity index is 139. The van der Waals surface area contributed by atoms with Gasteiger partial charge in [0.25, 0.3) is 0 Å². The molecule has 1 aliphatic heterocycles. The van der Waals surface area contributed by atoms with E-state index in [0.717, 1.165) is 26.4 Å². The van der Waals surface area contributed by atoms with Crippen molar-refractivity contribution in [1.82, 2.24) is 15.1 Å². The van der Waals surface area contributed by atoms with Crippen LogP contribution in [0, 0.1) is 0 Å². The number of nitrogens with one attached hydrogen (secondary N) is 1. The Hall–Kier alpha value is -0.120. The molecule has 0 aromatic rings. The first-order chi connectivity index (χ1) is 5.50. The van der Waals surface area contributed by atoms with Gasteiger partial charge in [-0.2, -0.15) is 0 Å². The van der Waals surface area contributed by atoms with Gasteiger partial charge in [-0.1, -0.05) is 0 Å². The molecule has 3 heteroatoms. The first kappa shape index (κ1) is 9.96. The molecule has 0 saturated carbocycles. The molecule has 0 unspecified atom stereocenters. The molecule has 1 saturated heterocycles. The van der Waals surface area contributed by atoms with Crippen LogP contribution >= 0.6 is 0 Å². The van der Waals surface area contributed by atoms with E-state index in [1.165, 1.54) is 0 Å². The van der Waals surface area contributed by atoms with Crippen LogP contribution in [-0.4, -0.2) is 48.8 Å². The highest BCUT2D eigenvalue weighted by molar-refractivity contribution is 4.77. The Balaban J connectivity index is 2.46. The highest BCUT2D eigenvalue weighted by Crippen LogP contribution is 2.12. The predicted octanol–water partition coefficient (Wildman–Crippen LogP) is 0.537. The molecule has 1 aliphatic rings. The maximum absolute atomic E-state index is 3.41. The van der Waals surface area contributed by atoms with Crippen molar-refractivity contribution in [3.05, 3.63) is 0 Å². The smallest absolute Gasteiger partial charge is 0.0495 e. The molecule has 0 atom stereocenters. The van der Waals surface area contributed by atoms with E-state index in [4.69, 9.17) is 0 Å². The number of hydrogen-bond acceptors (Lipinski definition) is 3. The van der Waals surface area contributed by atoms with Crippen LogP contribution in [0.5, 0.6) is 0 Å². The van der Waals surface area contributed by atoms with E-state index in [2.05, 4.69) is 42.9 Å². The molecule has 1 fully saturated rings. The second-order valence-electron chi connectivity index (χ2n) is 4.58. The summed E-state index contributed by atoms with van der Waals surface area (Å²) >= 11 is 0. The number of nitrogens with zero attached hydrogens (tertiary/aromatic N) is 2. The van der Waals surface area contributed by atoms with E-state index < -0.39 is 0 Å². The minimum atomic E-state index is 0.290. The van der Waals surface area contributed by atoms with Crippen LogP contribution in [0.2, 0.25) is 0 Å². The first-order valence-electron chi connectivity index (χ1n) is 4.64. The van der Waals surface area contributed by atoms with Crippen molar-refractivity contribution in [2.45, 2.75) is 26.3 Å². The number of likely N-dealkylation sites (N-methyl/N-ethyl adjacent to an activating group) is 1. The van der Waals surface area contributed by atoms with Crippen molar-refractivity contribution < 1.29 is 0 Å². The summed E-state index contributed by atoms with van der Waals surface area (Å²) in [7, 11) is 2.15. The van der Waals surface area contributed by atoms with Gasteiger partial charge >= 0.3 is 0 Å². The molecule has 0 spiro atoms. The zero-order valence-corrected chi connectivity index (χ0v) is 8.72. The van der Waals surface area contributed by atoms with Gasteiger partial charge in [-0.3, -0.25) is 15.1 Å². The molecule has 0 aromatic heterocycles. The molecule has 1 N–H and O–H groups in total. The quantitative estimate of drug-likeness (QED) is 0.574. The Morgan fingerprint density at radius 1 is 1.08 bits per heavy atom. The molecule has 1 heterocycles. The van der Waals surface area contributed by atoms with Crippen LogP contribution in [0.4, 0.5) is 0 Å². The van der Waals surface area contributed by atoms with E-state index in [-0.39, 0.29) is 5.54 Å². The van der Waals surface area contributed by atoms with E-state index in [1.54, 1.807) is 0 Å². The minimum absolute atomic E-state index is 0.290. The average Bonchev–Trinajstić information content (AvgIpc) is 2.11. The van der Waals surface area contributed by atoms with Gasteiger partial charge in [-0.25, -0.2) is 0 Å². The van der Waals surface area contributed by atoms with Crippen molar-refractivity contribution in [2.24, 2.45) is 0 Å². The zero-order chi connectivity index (χ0) is 9.19. The predicted molar refractivity (Wildman–Crippen MR) is 52.0 cm³/mol. The third-order valence-corrected chi connectivity index (χ3v) is 2.38. The second-order valence-corrected chi connectivity index (χ2v) is 4.58. The van der Waals surface area contributed by atoms with Crippen LogP contribution in [0.25, 0.3) is 0 Å². The topological polar surface area (TPSA) is 18.5 Å². The lowest BCUT2D eigenvalue weighted by Crippen LogP contribution is -2.46. The van der Waals surface area contributed by atoms with Gasteiger partial charge < -0.3 is 0 Å². The molecule has 1 rings (SSSR count). The summed E-state index contributed by atoms with van der Waals surface area (Å²) in [6, 6.07) is 0. The summed E-state index contributed by atoms with van der Waals surface area (Å²) in [4.78, 5) is 4.78. The maximum Gasteiger partial charge on any atom is 0.0495 e. The van der Waals surface area contributed by atoms with Crippen LogP contribution in [0.1, 0.15) is 20.8 Å². The molecule has 0 amide bonds. The molecule has 0 bridgehead atoms. The minimum Gasteiger partial charge on any atom is -0.292 e. The average molecular weight is 171 g/mol. The van der Waals surface area contributed by atoms with E-state index in [0.29, 0.717) is 0 Å². The highest BCUT2D eigenvalue weighted by atomic mass is 15.3. The van der Waals surface area contributed by atoms with Crippen molar-refractivity contribution >= 4 is 0 Å². The fraction of sp³-hybridized carbons (Fsp3) is 1.00. The monoisotopic (exact) mass is 171 g/mol. The summed E-state index contributed by atoms with van der Waals surface area (Å²) in [5, 5.41) is 3.41. The van der Waals surface area contributed by atoms with Gasteiger partial charge in [0.1, 0.15) is 0 Å². The normalized spacial score (nSPS) is 24.0. The van der Waals surface area contributed by atoms with Crippen LogP contribution in [0.15, 0.2) is 0 Å². The maximum atomic E-state index is 3.41. The molecule has 0 aliphatic carbocycles. The molecular weight excluding hydrogens is 150 g/mol. The van der Waals surface area contributed by atoms with Crippen molar-refractivity contribution in [1.29, 1.82) is 0 Å². The van der Waals surface area contributed by atoms with Gasteiger partial charge in [0.15, 0.2) is 0 Å². The number of rotatable bonds is 0. The summed E-state index contributed by atoms with van der Waals surface area (Å²) in [5.41, 5.74) is 0.290. The van der Waals surface area contributed by atoms with Gasteiger partial charge in [0, 0.05) is 32.0 Å². The van der Waals surface area contributed by atoms with Crippen molar-refractivity contribution in [2.75, 3.05) is 33.5 Å². The Labute approximate surface area is 75.7 Å². The van der Waals surface area contributed by atoms with Crippen LogP contribution < -0.4 is 5.32 Å². The first-order valence-corrected chi connectivity index (χ1v) is 4.64. The summed E-state index contributed by atoms with van der Waals surface area (Å²) in [6.45, 7) is 11.1. The lowest BCUT2D eigenvalue weighted by atomic mass is 10.1. The van der Waals surface area contributed by atoms with Crippen LogP contribution in [0.3, 0.4) is 0 Å². The lowest BCUT2D eigenvalue weighted by molar-refractivity contribution is 0.136. The van der Waals surface area contributed by atoms with Crippen LogP contribution in [-0.2, 0) is 0 Å². The molecule has 3 nitrogen and oxygen atoms in total. The molecular formula is C9H21N3. The lowest BCUT2D eigenvalue weighted by Gasteiger charge is -2.34. The SMILES string of the molecule is CN1CCN(C(C)(C)C)CNC1. The Morgan fingerprint density at radius 3 is 2.33 bits per heavy atom. The third-order valence-electron chi connectivity index (χ3n) is 2.38. The molecule has 0 radical (unpaired) electrons. The van der Waals surface area contributed by atoms with E-state index in [9.17, 15) is 0 Å². The van der Waals surface area contributed by atoms with E-state index >= 15 is 0 Å². The number of hydrogen-bond donors (Lipinski definition) is 1. The molecule has 0 aromatic carbocycles. The zero-order valence-electron chi connectivity index (χ0n) is 8.72. The third kappa shape index (κ3) is 2.73. The largest absolute Gasteiger partial charge is 0.292 e. The fourth-order valence-corrected chi connectivity index (χ4v) is 1.40. The van der Waals surface area contributed by atoms with Crippen molar-refractivity contribution in [3.63, 3.8) is 0 Å². The second kappa shape index (κ2) is 3.73. The van der Waals surface area contributed by atoms with Crippen molar-refractivity contribution in [3.8, 4) is 0 Å². The Kier molecular flexibility index (Phi) is 3.09. The van der Waals surface area contributed by atoms with Gasteiger partial charge in [0.2, 0.25) is 0 Å². The fourth-order valence-electron chi connectivity index (χ4n) is 1.40. The molecule has 72 valence electrons. The Morgan fingerprint density at radius 2 is 1.75 bits per heavy atom. The summed E-state index contributed by atoms with van der Waals surface area (Å²) in [5.74, 6) is 0. The summed E-state index contributed by atoms with van der Waals surface area (Å²) < 4.78 is 0.